The van der Waals surface area contributed by atoms with Crippen LogP contribution in [0.2, 0.25) is 0 Å². The van der Waals surface area contributed by atoms with Crippen LogP contribution in [-0.2, 0) is 6.54 Å². The number of hydrogen-bond donors (Lipinski definition) is 3. The molecule has 0 saturated heterocycles. The van der Waals surface area contributed by atoms with Crippen LogP contribution < -0.4 is 5.32 Å². The molecule has 1 aliphatic carbocycles. The van der Waals surface area contributed by atoms with Gasteiger partial charge in [0.05, 0.1) is 16.8 Å². The van der Waals surface area contributed by atoms with Gasteiger partial charge >= 0.3 is 0 Å². The Balaban J connectivity index is 1.58. The third-order valence-electron chi connectivity index (χ3n) is 3.90. The Bertz CT molecular complexity index is 517. The Hall–Kier alpha value is -1.17. The number of hydrogen-bond acceptors (Lipinski definition) is 4. The zero-order valence-corrected chi connectivity index (χ0v) is 11.7. The molecule has 2 aromatic heterocycles. The van der Waals surface area contributed by atoms with Gasteiger partial charge in [-0.25, -0.2) is 0 Å². The van der Waals surface area contributed by atoms with Crippen LogP contribution in [0.25, 0.3) is 10.6 Å². The molecule has 0 bridgehead atoms. The molecule has 0 amide bonds. The highest BCUT2D eigenvalue weighted by molar-refractivity contribution is 7.13. The molecule has 19 heavy (non-hydrogen) atoms. The Morgan fingerprint density at radius 1 is 1.47 bits per heavy atom. The zero-order valence-electron chi connectivity index (χ0n) is 10.9. The lowest BCUT2D eigenvalue weighted by molar-refractivity contribution is 0.245. The summed E-state index contributed by atoms with van der Waals surface area (Å²) in [5.41, 5.74) is 2.69. The third-order valence-corrected chi connectivity index (χ3v) is 4.79. The minimum atomic E-state index is 0.299. The molecule has 2 aromatic rings. The van der Waals surface area contributed by atoms with Gasteiger partial charge in [0.2, 0.25) is 0 Å². The topological polar surface area (TPSA) is 60.9 Å². The first-order valence-electron chi connectivity index (χ1n) is 6.71. The monoisotopic (exact) mass is 277 g/mol. The maximum Gasteiger partial charge on any atom is 0.0794 e. The summed E-state index contributed by atoms with van der Waals surface area (Å²) in [4.78, 5) is 1.23. The van der Waals surface area contributed by atoms with Crippen LogP contribution in [-0.4, -0.2) is 28.5 Å². The molecule has 3 rings (SSSR count). The molecule has 0 unspecified atom stereocenters. The summed E-state index contributed by atoms with van der Waals surface area (Å²) in [7, 11) is 0. The van der Waals surface area contributed by atoms with Gasteiger partial charge in [-0.15, -0.1) is 11.3 Å². The highest BCUT2D eigenvalue weighted by Gasteiger charge is 2.41. The van der Waals surface area contributed by atoms with Gasteiger partial charge in [-0.1, -0.05) is 6.07 Å². The van der Waals surface area contributed by atoms with Gasteiger partial charge in [0.25, 0.3) is 0 Å². The zero-order chi connectivity index (χ0) is 13.1. The van der Waals surface area contributed by atoms with E-state index in [4.69, 9.17) is 5.11 Å². The fraction of sp³-hybridized carbons (Fsp3) is 0.500. The molecule has 102 valence electrons. The lowest BCUT2D eigenvalue weighted by atomic mass is 10.0. The average molecular weight is 277 g/mol. The third kappa shape index (κ3) is 2.88. The average Bonchev–Trinajstić information content (AvgIpc) is 2.85. The van der Waals surface area contributed by atoms with Crippen molar-refractivity contribution in [2.75, 3.05) is 13.2 Å². The van der Waals surface area contributed by atoms with Crippen molar-refractivity contribution in [2.24, 2.45) is 5.41 Å². The van der Waals surface area contributed by atoms with Crippen LogP contribution in [0.4, 0.5) is 0 Å². The van der Waals surface area contributed by atoms with Gasteiger partial charge in [-0.05, 0) is 36.1 Å². The fourth-order valence-corrected chi connectivity index (χ4v) is 3.23. The summed E-state index contributed by atoms with van der Waals surface area (Å²) in [6.07, 6.45) is 5.30. The highest BCUT2D eigenvalue weighted by Crippen LogP contribution is 2.47. The van der Waals surface area contributed by atoms with E-state index in [0.717, 1.165) is 25.2 Å². The fourth-order valence-electron chi connectivity index (χ4n) is 2.47. The second-order valence-corrected chi connectivity index (χ2v) is 6.27. The molecule has 0 aliphatic heterocycles. The van der Waals surface area contributed by atoms with Crippen LogP contribution >= 0.6 is 11.3 Å². The first-order chi connectivity index (χ1) is 9.33. The normalized spacial score (nSPS) is 16.7. The first kappa shape index (κ1) is 12.8. The predicted molar refractivity (Wildman–Crippen MR) is 77.0 cm³/mol. The van der Waals surface area contributed by atoms with Gasteiger partial charge < -0.3 is 10.4 Å². The van der Waals surface area contributed by atoms with E-state index in [1.165, 1.54) is 23.3 Å². The summed E-state index contributed by atoms with van der Waals surface area (Å²) in [6.45, 7) is 2.12. The molecule has 0 radical (unpaired) electrons. The number of nitrogens with zero attached hydrogens (tertiary/aromatic N) is 1. The molecule has 0 atom stereocenters. The van der Waals surface area contributed by atoms with Gasteiger partial charge in [-0.3, -0.25) is 5.10 Å². The number of rotatable bonds is 7. The molecule has 4 nitrogen and oxygen atoms in total. The molecule has 0 spiro atoms. The van der Waals surface area contributed by atoms with E-state index in [1.54, 1.807) is 11.3 Å². The minimum absolute atomic E-state index is 0.299. The predicted octanol–water partition coefficient (Wildman–Crippen LogP) is 2.39. The van der Waals surface area contributed by atoms with Crippen LogP contribution in [0.15, 0.2) is 23.7 Å². The van der Waals surface area contributed by atoms with E-state index in [9.17, 15) is 0 Å². The highest BCUT2D eigenvalue weighted by atomic mass is 32.1. The van der Waals surface area contributed by atoms with E-state index in [-0.39, 0.29) is 0 Å². The largest absolute Gasteiger partial charge is 0.396 e. The molecule has 1 saturated carbocycles. The number of aromatic amines is 1. The summed E-state index contributed by atoms with van der Waals surface area (Å²) in [5, 5.41) is 21.9. The second kappa shape index (κ2) is 5.45. The van der Waals surface area contributed by atoms with E-state index >= 15 is 0 Å². The summed E-state index contributed by atoms with van der Waals surface area (Å²) in [5.74, 6) is 0. The number of nitrogens with one attached hydrogen (secondary N) is 2. The van der Waals surface area contributed by atoms with E-state index in [2.05, 4.69) is 33.0 Å². The number of H-pyrrole nitrogens is 1. The maximum absolute atomic E-state index is 9.05. The quantitative estimate of drug-likeness (QED) is 0.728. The standard InChI is InChI=1S/C14H19N3OS/c18-6-5-14(3-4-14)10-15-8-11-9-16-17-13(11)12-2-1-7-19-12/h1-2,7,9,15,18H,3-6,8,10H2,(H,16,17). The molecule has 5 heteroatoms. The van der Waals surface area contributed by atoms with Gasteiger partial charge in [0, 0.05) is 25.3 Å². The van der Waals surface area contributed by atoms with Gasteiger partial charge in [0.1, 0.15) is 0 Å². The molecule has 3 N–H and O–H groups in total. The summed E-state index contributed by atoms with van der Waals surface area (Å²) >= 11 is 1.72. The van der Waals surface area contributed by atoms with Crippen LogP contribution in [0.5, 0.6) is 0 Å². The molecule has 0 aromatic carbocycles. The van der Waals surface area contributed by atoms with Gasteiger partial charge in [0.15, 0.2) is 0 Å². The maximum atomic E-state index is 9.05. The Morgan fingerprint density at radius 2 is 2.37 bits per heavy atom. The van der Waals surface area contributed by atoms with Crippen LogP contribution in [0.1, 0.15) is 24.8 Å². The SMILES string of the molecule is OCCC1(CNCc2cn[nH]c2-c2cccs2)CC1. The summed E-state index contributed by atoms with van der Waals surface area (Å²) < 4.78 is 0. The second-order valence-electron chi connectivity index (χ2n) is 5.32. The molecular weight excluding hydrogens is 258 g/mol. The summed E-state index contributed by atoms with van der Waals surface area (Å²) in [6, 6.07) is 4.16. The van der Waals surface area contributed by atoms with Crippen molar-refractivity contribution in [3.05, 3.63) is 29.3 Å². The number of thiophene rings is 1. The molecule has 1 fully saturated rings. The lowest BCUT2D eigenvalue weighted by Gasteiger charge is -2.14. The van der Waals surface area contributed by atoms with Crippen molar-refractivity contribution < 1.29 is 5.11 Å². The van der Waals surface area contributed by atoms with Crippen LogP contribution in [0.3, 0.4) is 0 Å². The first-order valence-corrected chi connectivity index (χ1v) is 7.59. The van der Waals surface area contributed by atoms with E-state index in [0.29, 0.717) is 12.0 Å². The Labute approximate surface area is 116 Å². The molecular formula is C14H19N3OS. The molecule has 2 heterocycles. The smallest absolute Gasteiger partial charge is 0.0794 e. The minimum Gasteiger partial charge on any atom is -0.396 e. The van der Waals surface area contributed by atoms with E-state index in [1.807, 2.05) is 6.20 Å². The Kier molecular flexibility index (Phi) is 3.68. The van der Waals surface area contributed by atoms with Crippen molar-refractivity contribution >= 4 is 11.3 Å². The number of aromatic nitrogens is 2. The van der Waals surface area contributed by atoms with Gasteiger partial charge in [-0.2, -0.15) is 5.10 Å². The van der Waals surface area contributed by atoms with Crippen molar-refractivity contribution in [1.29, 1.82) is 0 Å². The van der Waals surface area contributed by atoms with Crippen molar-refractivity contribution in [1.82, 2.24) is 15.5 Å². The number of aliphatic hydroxyl groups is 1. The molecule has 1 aliphatic rings. The Morgan fingerprint density at radius 3 is 3.05 bits per heavy atom. The van der Waals surface area contributed by atoms with Crippen molar-refractivity contribution in [3.8, 4) is 10.6 Å². The van der Waals surface area contributed by atoms with Crippen LogP contribution in [0, 0.1) is 5.41 Å². The lowest BCUT2D eigenvalue weighted by Crippen LogP contribution is -2.24. The van der Waals surface area contributed by atoms with Crippen molar-refractivity contribution in [2.45, 2.75) is 25.8 Å². The van der Waals surface area contributed by atoms with Crippen molar-refractivity contribution in [3.63, 3.8) is 0 Å². The number of aliphatic hydroxyl groups excluding tert-OH is 1. The van der Waals surface area contributed by atoms with E-state index < -0.39 is 0 Å².